The van der Waals surface area contributed by atoms with Crippen molar-refractivity contribution in [3.63, 3.8) is 0 Å². The smallest absolute Gasteiger partial charge is 0.308 e. The molecule has 5 nitrogen and oxygen atoms in total. The number of ether oxygens (including phenoxy) is 2. The minimum Gasteiger partial charge on any atom is -0.487 e. The van der Waals surface area contributed by atoms with Gasteiger partial charge < -0.3 is 9.47 Å². The molecule has 1 aliphatic rings. The Kier molecular flexibility index (Phi) is 4.23. The molecule has 0 N–H and O–H groups in total. The van der Waals surface area contributed by atoms with Gasteiger partial charge in [0.05, 0.1) is 31.0 Å². The summed E-state index contributed by atoms with van der Waals surface area (Å²) in [5.74, 6) is 0.799. The van der Waals surface area contributed by atoms with Crippen LogP contribution in [0.25, 0.3) is 0 Å². The molecule has 1 saturated carbocycles. The number of carbonyl (C=O) groups is 1. The molecule has 5 heteroatoms. The summed E-state index contributed by atoms with van der Waals surface area (Å²) in [7, 11) is 1.87. The van der Waals surface area contributed by atoms with Crippen molar-refractivity contribution in [1.82, 2.24) is 9.78 Å². The maximum absolute atomic E-state index is 11.6. The van der Waals surface area contributed by atoms with Gasteiger partial charge >= 0.3 is 5.97 Å². The fourth-order valence-electron chi connectivity index (χ4n) is 2.33. The topological polar surface area (TPSA) is 53.4 Å². The molecule has 1 heterocycles. The van der Waals surface area contributed by atoms with Crippen LogP contribution in [0.4, 0.5) is 0 Å². The van der Waals surface area contributed by atoms with Crippen molar-refractivity contribution in [3.8, 4) is 5.75 Å². The number of rotatable bonds is 4. The van der Waals surface area contributed by atoms with Gasteiger partial charge in [0.25, 0.3) is 0 Å². The summed E-state index contributed by atoms with van der Waals surface area (Å²) in [5, 5.41) is 4.07. The number of aromatic nitrogens is 2. The normalized spacial score (nSPS) is 23.7. The van der Waals surface area contributed by atoms with Gasteiger partial charge in [-0.25, -0.2) is 0 Å². The van der Waals surface area contributed by atoms with E-state index in [1.807, 2.05) is 20.2 Å². The highest BCUT2D eigenvalue weighted by Gasteiger charge is 2.28. The highest BCUT2D eigenvalue weighted by molar-refractivity contribution is 5.72. The first-order valence-corrected chi connectivity index (χ1v) is 6.51. The average Bonchev–Trinajstić information content (AvgIpc) is 2.76. The number of carbonyl (C=O) groups excluding carboxylic acids is 1. The van der Waals surface area contributed by atoms with Crippen LogP contribution in [0, 0.1) is 5.92 Å². The molecule has 1 aliphatic carbocycles. The van der Waals surface area contributed by atoms with E-state index >= 15 is 0 Å². The first-order chi connectivity index (χ1) is 8.69. The van der Waals surface area contributed by atoms with Gasteiger partial charge in [0.1, 0.15) is 0 Å². The van der Waals surface area contributed by atoms with Gasteiger partial charge in [-0.15, -0.1) is 0 Å². The average molecular weight is 252 g/mol. The van der Waals surface area contributed by atoms with Gasteiger partial charge in [-0.05, 0) is 32.6 Å². The third kappa shape index (κ3) is 3.24. The zero-order valence-corrected chi connectivity index (χ0v) is 11.0. The molecular formula is C13H20N2O3. The lowest BCUT2D eigenvalue weighted by Gasteiger charge is -2.27. The third-order valence-electron chi connectivity index (χ3n) is 3.28. The maximum atomic E-state index is 11.6. The molecule has 2 rings (SSSR count). The standard InChI is InChI=1S/C13H20N2O3/c1-3-17-13(16)10-4-6-11(7-5-10)18-12-8-14-15(2)9-12/h8-11H,3-7H2,1-2H3. The van der Waals surface area contributed by atoms with Crippen molar-refractivity contribution >= 4 is 5.97 Å². The fraction of sp³-hybridized carbons (Fsp3) is 0.692. The van der Waals surface area contributed by atoms with E-state index in [4.69, 9.17) is 9.47 Å². The van der Waals surface area contributed by atoms with Crippen LogP contribution in [0.2, 0.25) is 0 Å². The molecule has 0 bridgehead atoms. The number of nitrogens with zero attached hydrogens (tertiary/aromatic N) is 2. The summed E-state index contributed by atoms with van der Waals surface area (Å²) in [5.41, 5.74) is 0. The summed E-state index contributed by atoms with van der Waals surface area (Å²) >= 11 is 0. The molecule has 0 amide bonds. The summed E-state index contributed by atoms with van der Waals surface area (Å²) in [6.07, 6.45) is 7.28. The second-order valence-electron chi connectivity index (χ2n) is 4.69. The lowest BCUT2D eigenvalue weighted by molar-refractivity contribution is -0.149. The Hall–Kier alpha value is -1.52. The maximum Gasteiger partial charge on any atom is 0.308 e. The summed E-state index contributed by atoms with van der Waals surface area (Å²) in [6, 6.07) is 0. The van der Waals surface area contributed by atoms with E-state index in [0.29, 0.717) is 6.61 Å². The summed E-state index contributed by atoms with van der Waals surface area (Å²) < 4.78 is 12.6. The van der Waals surface area contributed by atoms with Crippen LogP contribution in [0.1, 0.15) is 32.6 Å². The predicted octanol–water partition coefficient (Wildman–Crippen LogP) is 1.92. The first-order valence-electron chi connectivity index (χ1n) is 6.51. The van der Waals surface area contributed by atoms with Gasteiger partial charge in [0.15, 0.2) is 5.75 Å². The van der Waals surface area contributed by atoms with Crippen molar-refractivity contribution in [2.45, 2.75) is 38.7 Å². The SMILES string of the molecule is CCOC(=O)C1CCC(Oc2cnn(C)c2)CC1. The second-order valence-corrected chi connectivity index (χ2v) is 4.69. The zero-order valence-electron chi connectivity index (χ0n) is 11.0. The molecule has 0 aromatic carbocycles. The lowest BCUT2D eigenvalue weighted by atomic mass is 9.87. The van der Waals surface area contributed by atoms with Gasteiger partial charge in [0.2, 0.25) is 0 Å². The molecule has 0 aliphatic heterocycles. The molecule has 0 saturated heterocycles. The van der Waals surface area contributed by atoms with E-state index in [-0.39, 0.29) is 18.0 Å². The Morgan fingerprint density at radius 2 is 2.17 bits per heavy atom. The molecule has 1 aromatic heterocycles. The Labute approximate surface area is 107 Å². The highest BCUT2D eigenvalue weighted by Crippen LogP contribution is 2.28. The van der Waals surface area contributed by atoms with Crippen LogP contribution in [0.5, 0.6) is 5.75 Å². The first kappa shape index (κ1) is 12.9. The molecule has 0 unspecified atom stereocenters. The monoisotopic (exact) mass is 252 g/mol. The molecule has 0 atom stereocenters. The second kappa shape index (κ2) is 5.89. The van der Waals surface area contributed by atoms with E-state index in [0.717, 1.165) is 31.4 Å². The van der Waals surface area contributed by atoms with Crippen LogP contribution in [-0.4, -0.2) is 28.5 Å². The Balaban J connectivity index is 1.78. The number of esters is 1. The van der Waals surface area contributed by atoms with Crippen molar-refractivity contribution in [2.24, 2.45) is 13.0 Å². The Bertz CT molecular complexity index is 395. The number of hydrogen-bond donors (Lipinski definition) is 0. The van der Waals surface area contributed by atoms with E-state index < -0.39 is 0 Å². The Morgan fingerprint density at radius 3 is 2.72 bits per heavy atom. The van der Waals surface area contributed by atoms with Crippen LogP contribution in [-0.2, 0) is 16.6 Å². The molecule has 100 valence electrons. The van der Waals surface area contributed by atoms with Gasteiger partial charge in [-0.2, -0.15) is 5.10 Å². The molecule has 1 fully saturated rings. The van der Waals surface area contributed by atoms with Gasteiger partial charge in [-0.1, -0.05) is 0 Å². The van der Waals surface area contributed by atoms with E-state index in [1.165, 1.54) is 0 Å². The molecule has 1 aromatic rings. The van der Waals surface area contributed by atoms with Crippen molar-refractivity contribution in [3.05, 3.63) is 12.4 Å². The lowest BCUT2D eigenvalue weighted by Crippen LogP contribution is -2.29. The molecular weight excluding hydrogens is 232 g/mol. The number of aryl methyl sites for hydroxylation is 1. The molecule has 0 spiro atoms. The minimum absolute atomic E-state index is 0.0544. The predicted molar refractivity (Wildman–Crippen MR) is 66.2 cm³/mol. The molecule has 18 heavy (non-hydrogen) atoms. The van der Waals surface area contributed by atoms with Crippen LogP contribution < -0.4 is 4.74 Å². The van der Waals surface area contributed by atoms with Crippen molar-refractivity contribution in [1.29, 1.82) is 0 Å². The highest BCUT2D eigenvalue weighted by atomic mass is 16.5. The van der Waals surface area contributed by atoms with Gasteiger partial charge in [-0.3, -0.25) is 9.48 Å². The Morgan fingerprint density at radius 1 is 1.44 bits per heavy atom. The van der Waals surface area contributed by atoms with Crippen molar-refractivity contribution in [2.75, 3.05) is 6.61 Å². The number of hydrogen-bond acceptors (Lipinski definition) is 4. The van der Waals surface area contributed by atoms with E-state index in [1.54, 1.807) is 10.9 Å². The van der Waals surface area contributed by atoms with Crippen molar-refractivity contribution < 1.29 is 14.3 Å². The quantitative estimate of drug-likeness (QED) is 0.768. The van der Waals surface area contributed by atoms with Gasteiger partial charge in [0, 0.05) is 7.05 Å². The fourth-order valence-corrected chi connectivity index (χ4v) is 2.33. The van der Waals surface area contributed by atoms with E-state index in [2.05, 4.69) is 5.10 Å². The summed E-state index contributed by atoms with van der Waals surface area (Å²) in [4.78, 5) is 11.6. The summed E-state index contributed by atoms with van der Waals surface area (Å²) in [6.45, 7) is 2.31. The van der Waals surface area contributed by atoms with Crippen LogP contribution in [0.15, 0.2) is 12.4 Å². The van der Waals surface area contributed by atoms with Crippen LogP contribution >= 0.6 is 0 Å². The minimum atomic E-state index is -0.0580. The third-order valence-corrected chi connectivity index (χ3v) is 3.28. The van der Waals surface area contributed by atoms with E-state index in [9.17, 15) is 4.79 Å². The van der Waals surface area contributed by atoms with Crippen LogP contribution in [0.3, 0.4) is 0 Å². The molecule has 0 radical (unpaired) electrons. The largest absolute Gasteiger partial charge is 0.487 e. The zero-order chi connectivity index (χ0) is 13.0.